The molecule has 0 saturated carbocycles. The third-order valence-corrected chi connectivity index (χ3v) is 5.01. The Bertz CT molecular complexity index is 771. The van der Waals surface area contributed by atoms with Gasteiger partial charge in [0.15, 0.2) is 0 Å². The number of carbonyl (C=O) groups is 1. The van der Waals surface area contributed by atoms with Gasteiger partial charge in [0.1, 0.15) is 11.1 Å². The van der Waals surface area contributed by atoms with Crippen molar-refractivity contribution in [2.24, 2.45) is 0 Å². The highest BCUT2D eigenvalue weighted by Gasteiger charge is 2.23. The molecule has 1 heterocycles. The van der Waals surface area contributed by atoms with Gasteiger partial charge in [0.05, 0.1) is 5.56 Å². The van der Waals surface area contributed by atoms with Crippen LogP contribution in [0.1, 0.15) is 38.3 Å². The van der Waals surface area contributed by atoms with Crippen LogP contribution in [-0.2, 0) is 12.8 Å². The Morgan fingerprint density at radius 2 is 2.24 bits per heavy atom. The summed E-state index contributed by atoms with van der Waals surface area (Å²) in [5.74, 6) is -0.224. The Balaban J connectivity index is 1.88. The second-order valence-corrected chi connectivity index (χ2v) is 6.30. The Kier molecular flexibility index (Phi) is 3.40. The van der Waals surface area contributed by atoms with E-state index in [1.54, 1.807) is 12.1 Å². The van der Waals surface area contributed by atoms with E-state index < -0.39 is 0 Å². The lowest BCUT2D eigenvalue weighted by Gasteiger charge is -2.06. The van der Waals surface area contributed by atoms with Crippen molar-refractivity contribution in [2.75, 3.05) is 11.1 Å². The molecule has 1 aliphatic rings. The number of aryl methyl sites for hydroxylation is 2. The summed E-state index contributed by atoms with van der Waals surface area (Å²) < 4.78 is 0. The molecule has 0 aliphatic heterocycles. The Morgan fingerprint density at radius 3 is 2.95 bits per heavy atom. The summed E-state index contributed by atoms with van der Waals surface area (Å²) in [6, 6.07) is 7.46. The van der Waals surface area contributed by atoms with E-state index in [0.29, 0.717) is 21.8 Å². The first-order valence-corrected chi connectivity index (χ1v) is 7.64. The van der Waals surface area contributed by atoms with Crippen molar-refractivity contribution < 1.29 is 4.79 Å². The van der Waals surface area contributed by atoms with Crippen molar-refractivity contribution in [3.05, 3.63) is 45.3 Å². The van der Waals surface area contributed by atoms with Gasteiger partial charge >= 0.3 is 0 Å². The third-order valence-electron chi connectivity index (χ3n) is 3.80. The standard InChI is InChI=1S/C16H15N3OS/c1-9-5-6-10(7-13(9)18)15(20)19-16-12(8-17)11-3-2-4-14(11)21-16/h5-7H,2-4,18H2,1H3,(H,19,20). The zero-order valence-electron chi connectivity index (χ0n) is 11.7. The van der Waals surface area contributed by atoms with Crippen molar-refractivity contribution in [1.29, 1.82) is 5.26 Å². The van der Waals surface area contributed by atoms with Crippen LogP contribution in [0.15, 0.2) is 18.2 Å². The molecule has 106 valence electrons. The van der Waals surface area contributed by atoms with Crippen LogP contribution in [-0.4, -0.2) is 5.91 Å². The molecular formula is C16H15N3OS. The van der Waals surface area contributed by atoms with Crippen LogP contribution in [0.2, 0.25) is 0 Å². The van der Waals surface area contributed by atoms with E-state index in [9.17, 15) is 10.1 Å². The van der Waals surface area contributed by atoms with Crippen molar-refractivity contribution in [2.45, 2.75) is 26.2 Å². The largest absolute Gasteiger partial charge is 0.398 e. The minimum atomic E-state index is -0.224. The smallest absolute Gasteiger partial charge is 0.256 e. The highest BCUT2D eigenvalue weighted by atomic mass is 32.1. The molecule has 5 heteroatoms. The average Bonchev–Trinajstić information content (AvgIpc) is 3.02. The van der Waals surface area contributed by atoms with Gasteiger partial charge in [0.25, 0.3) is 5.91 Å². The van der Waals surface area contributed by atoms with E-state index in [-0.39, 0.29) is 5.91 Å². The molecule has 0 fully saturated rings. The number of thiophene rings is 1. The van der Waals surface area contributed by atoms with Gasteiger partial charge in [-0.15, -0.1) is 11.3 Å². The summed E-state index contributed by atoms with van der Waals surface area (Å²) in [7, 11) is 0. The van der Waals surface area contributed by atoms with Gasteiger partial charge in [-0.3, -0.25) is 4.79 Å². The number of nitriles is 1. The predicted octanol–water partition coefficient (Wildman–Crippen LogP) is 3.25. The first-order chi connectivity index (χ1) is 10.1. The van der Waals surface area contributed by atoms with Crippen molar-refractivity contribution >= 4 is 27.9 Å². The van der Waals surface area contributed by atoms with E-state index in [4.69, 9.17) is 5.73 Å². The lowest BCUT2D eigenvalue weighted by molar-refractivity contribution is 0.102. The zero-order chi connectivity index (χ0) is 15.0. The molecule has 21 heavy (non-hydrogen) atoms. The summed E-state index contributed by atoms with van der Waals surface area (Å²) in [6.07, 6.45) is 3.03. The molecule has 0 unspecified atom stereocenters. The molecule has 0 bridgehead atoms. The minimum absolute atomic E-state index is 0.224. The quantitative estimate of drug-likeness (QED) is 0.835. The summed E-state index contributed by atoms with van der Waals surface area (Å²) in [5.41, 5.74) is 9.62. The predicted molar refractivity (Wildman–Crippen MR) is 84.6 cm³/mol. The van der Waals surface area contributed by atoms with E-state index in [0.717, 1.165) is 30.4 Å². The number of nitrogens with one attached hydrogen (secondary N) is 1. The minimum Gasteiger partial charge on any atom is -0.398 e. The number of carbonyl (C=O) groups excluding carboxylic acids is 1. The molecule has 1 aromatic carbocycles. The van der Waals surface area contributed by atoms with Gasteiger partial charge in [-0.05, 0) is 49.4 Å². The molecule has 3 N–H and O–H groups in total. The lowest BCUT2D eigenvalue weighted by atomic mass is 10.1. The van der Waals surface area contributed by atoms with Gasteiger partial charge in [0, 0.05) is 16.1 Å². The molecule has 0 spiro atoms. The van der Waals surface area contributed by atoms with Crippen LogP contribution in [0, 0.1) is 18.3 Å². The number of amides is 1. The summed E-state index contributed by atoms with van der Waals surface area (Å²) >= 11 is 1.52. The van der Waals surface area contributed by atoms with E-state index >= 15 is 0 Å². The van der Waals surface area contributed by atoms with Crippen LogP contribution < -0.4 is 11.1 Å². The fourth-order valence-electron chi connectivity index (χ4n) is 2.57. The normalized spacial score (nSPS) is 12.8. The maximum absolute atomic E-state index is 12.3. The second-order valence-electron chi connectivity index (χ2n) is 5.20. The molecule has 0 radical (unpaired) electrons. The Labute approximate surface area is 127 Å². The van der Waals surface area contributed by atoms with Gasteiger partial charge in [-0.25, -0.2) is 0 Å². The first-order valence-electron chi connectivity index (χ1n) is 6.82. The molecule has 0 atom stereocenters. The summed E-state index contributed by atoms with van der Waals surface area (Å²) in [5, 5.41) is 12.8. The number of nitrogens with zero attached hydrogens (tertiary/aromatic N) is 1. The summed E-state index contributed by atoms with van der Waals surface area (Å²) in [6.45, 7) is 1.90. The van der Waals surface area contributed by atoms with E-state index in [2.05, 4.69) is 11.4 Å². The molecule has 1 aliphatic carbocycles. The molecular weight excluding hydrogens is 282 g/mol. The topological polar surface area (TPSA) is 78.9 Å². The van der Waals surface area contributed by atoms with E-state index in [1.165, 1.54) is 16.2 Å². The van der Waals surface area contributed by atoms with Crippen LogP contribution in [0.5, 0.6) is 0 Å². The van der Waals surface area contributed by atoms with Crippen molar-refractivity contribution in [3.8, 4) is 6.07 Å². The highest BCUT2D eigenvalue weighted by molar-refractivity contribution is 7.16. The van der Waals surface area contributed by atoms with Gasteiger partial charge in [0.2, 0.25) is 0 Å². The summed E-state index contributed by atoms with van der Waals surface area (Å²) in [4.78, 5) is 13.5. The SMILES string of the molecule is Cc1ccc(C(=O)Nc2sc3c(c2C#N)CCC3)cc1N. The number of hydrogen-bond acceptors (Lipinski definition) is 4. The molecule has 1 amide bonds. The number of fused-ring (bicyclic) bond motifs is 1. The first kappa shape index (κ1) is 13.7. The van der Waals surface area contributed by atoms with Crippen molar-refractivity contribution in [1.82, 2.24) is 0 Å². The fraction of sp³-hybridized carbons (Fsp3) is 0.250. The molecule has 4 nitrogen and oxygen atoms in total. The third kappa shape index (κ3) is 2.39. The maximum Gasteiger partial charge on any atom is 0.256 e. The lowest BCUT2D eigenvalue weighted by Crippen LogP contribution is -2.12. The number of benzene rings is 1. The highest BCUT2D eigenvalue weighted by Crippen LogP contribution is 2.38. The van der Waals surface area contributed by atoms with Gasteiger partial charge in [-0.1, -0.05) is 6.07 Å². The second kappa shape index (κ2) is 5.23. The average molecular weight is 297 g/mol. The Hall–Kier alpha value is -2.32. The number of nitrogen functional groups attached to an aromatic ring is 1. The number of nitrogens with two attached hydrogens (primary N) is 1. The van der Waals surface area contributed by atoms with Gasteiger partial charge in [-0.2, -0.15) is 5.26 Å². The van der Waals surface area contributed by atoms with Crippen LogP contribution in [0.4, 0.5) is 10.7 Å². The monoisotopic (exact) mass is 297 g/mol. The number of hydrogen-bond donors (Lipinski definition) is 2. The van der Waals surface area contributed by atoms with E-state index in [1.807, 2.05) is 13.0 Å². The van der Waals surface area contributed by atoms with Crippen LogP contribution in [0.25, 0.3) is 0 Å². The maximum atomic E-state index is 12.3. The fourth-order valence-corrected chi connectivity index (χ4v) is 3.80. The zero-order valence-corrected chi connectivity index (χ0v) is 12.5. The molecule has 3 rings (SSSR count). The molecule has 1 aromatic heterocycles. The van der Waals surface area contributed by atoms with Gasteiger partial charge < -0.3 is 11.1 Å². The van der Waals surface area contributed by atoms with Crippen LogP contribution in [0.3, 0.4) is 0 Å². The molecule has 0 saturated heterocycles. The number of anilines is 2. The Morgan fingerprint density at radius 1 is 1.43 bits per heavy atom. The van der Waals surface area contributed by atoms with Crippen LogP contribution >= 0.6 is 11.3 Å². The van der Waals surface area contributed by atoms with Crippen molar-refractivity contribution in [3.63, 3.8) is 0 Å². The number of rotatable bonds is 2. The molecule has 2 aromatic rings.